The largest absolute Gasteiger partial charge is 0.504 e. The summed E-state index contributed by atoms with van der Waals surface area (Å²) >= 11 is 0. The van der Waals surface area contributed by atoms with Gasteiger partial charge in [-0.1, -0.05) is 23.8 Å². The van der Waals surface area contributed by atoms with Crippen LogP contribution in [0.25, 0.3) is 0 Å². The molecule has 0 saturated carbocycles. The highest BCUT2D eigenvalue weighted by Crippen LogP contribution is 2.57. The minimum absolute atomic E-state index is 0.117. The number of rotatable bonds is 4. The third-order valence-corrected chi connectivity index (χ3v) is 9.61. The van der Waals surface area contributed by atoms with Crippen molar-refractivity contribution in [2.24, 2.45) is 17.8 Å². The molecule has 0 aromatic heterocycles. The average molecular weight is 581 g/mol. The van der Waals surface area contributed by atoms with Gasteiger partial charge in [0, 0.05) is 47.0 Å². The number of amides is 2. The third kappa shape index (κ3) is 4.17. The van der Waals surface area contributed by atoms with Gasteiger partial charge in [0.15, 0.2) is 23.1 Å². The first-order valence-corrected chi connectivity index (χ1v) is 14.7. The summed E-state index contributed by atoms with van der Waals surface area (Å²) in [6.45, 7) is 4.48. The van der Waals surface area contributed by atoms with Crippen molar-refractivity contribution in [1.82, 2.24) is 0 Å². The summed E-state index contributed by atoms with van der Waals surface area (Å²) in [5.41, 5.74) is 3.75. The number of phenols is 1. The maximum absolute atomic E-state index is 14.2. The van der Waals surface area contributed by atoms with E-state index in [0.29, 0.717) is 47.6 Å². The summed E-state index contributed by atoms with van der Waals surface area (Å²) < 4.78 is 10.8. The Morgan fingerprint density at radius 1 is 0.930 bits per heavy atom. The predicted molar refractivity (Wildman–Crippen MR) is 158 cm³/mol. The first-order chi connectivity index (χ1) is 20.8. The number of imide groups is 1. The number of hydrogen-bond acceptors (Lipinski definition) is 8. The van der Waals surface area contributed by atoms with Crippen LogP contribution in [0.4, 0.5) is 11.4 Å². The number of aromatic hydroxyl groups is 1. The van der Waals surface area contributed by atoms with Crippen LogP contribution < -0.4 is 14.5 Å². The molecule has 2 aliphatic heterocycles. The van der Waals surface area contributed by atoms with Crippen molar-refractivity contribution in [2.45, 2.75) is 25.7 Å². The van der Waals surface area contributed by atoms with Crippen molar-refractivity contribution in [3.05, 3.63) is 82.5 Å². The van der Waals surface area contributed by atoms with E-state index in [2.05, 4.69) is 4.90 Å². The summed E-state index contributed by atoms with van der Waals surface area (Å²) in [5, 5.41) is 11.2. The summed E-state index contributed by atoms with van der Waals surface area (Å²) in [6.07, 6.45) is 3.80. The first kappa shape index (κ1) is 27.3. The molecule has 220 valence electrons. The lowest BCUT2D eigenvalue weighted by Crippen LogP contribution is -2.39. The van der Waals surface area contributed by atoms with Crippen molar-refractivity contribution in [1.29, 1.82) is 0 Å². The molecule has 4 unspecified atom stereocenters. The number of allylic oxidation sites excluding steroid dienone is 6. The van der Waals surface area contributed by atoms with Gasteiger partial charge in [-0.25, -0.2) is 0 Å². The van der Waals surface area contributed by atoms with E-state index >= 15 is 0 Å². The molecule has 2 aromatic rings. The smallest absolute Gasteiger partial charge is 0.238 e. The molecule has 4 atom stereocenters. The summed E-state index contributed by atoms with van der Waals surface area (Å²) in [6, 6.07) is 12.5. The molecular weight excluding hydrogens is 548 g/mol. The van der Waals surface area contributed by atoms with Crippen molar-refractivity contribution >= 4 is 34.8 Å². The average Bonchev–Trinajstić information content (AvgIpc) is 3.29. The number of carbonyl (C=O) groups is 4. The number of para-hydroxylation sites is 1. The fourth-order valence-electron chi connectivity index (χ4n) is 7.54. The normalized spacial score (nSPS) is 27.0. The summed E-state index contributed by atoms with van der Waals surface area (Å²) in [5.74, 6) is -3.44. The zero-order valence-corrected chi connectivity index (χ0v) is 24.0. The second-order valence-electron chi connectivity index (χ2n) is 11.8. The van der Waals surface area contributed by atoms with Gasteiger partial charge in [0.25, 0.3) is 0 Å². The van der Waals surface area contributed by atoms with Crippen LogP contribution in [0.1, 0.15) is 31.2 Å². The predicted octanol–water partition coefficient (Wildman–Crippen LogP) is 3.87. The van der Waals surface area contributed by atoms with Crippen LogP contribution in [0.5, 0.6) is 11.5 Å². The van der Waals surface area contributed by atoms with Gasteiger partial charge in [-0.15, -0.1) is 0 Å². The van der Waals surface area contributed by atoms with Crippen LogP contribution in [0, 0.1) is 17.8 Å². The standard InChI is InChI=1S/C34H32N2O7/c1-18-16-26(37)25-17-24-21(28(30(25)31(18)38)22-4-3-5-27(42-2)32(22)39)10-11-23-29(24)34(41)36(33(23)40)20-8-6-19(7-9-20)35-12-14-43-15-13-35/h3-10,16,23-24,28-29,39H,11-15,17H2,1-2H3. The second-order valence-corrected chi connectivity index (χ2v) is 11.8. The molecule has 9 heteroatoms. The number of hydrogen-bond donors (Lipinski definition) is 1. The Bertz CT molecular complexity index is 1660. The van der Waals surface area contributed by atoms with Gasteiger partial charge in [-0.3, -0.25) is 24.1 Å². The Balaban J connectivity index is 1.28. The second kappa shape index (κ2) is 10.3. The molecule has 2 heterocycles. The van der Waals surface area contributed by atoms with Crippen molar-refractivity contribution in [2.75, 3.05) is 43.2 Å². The Hall–Kier alpha value is -4.50. The van der Waals surface area contributed by atoms with E-state index in [1.54, 1.807) is 25.1 Å². The first-order valence-electron chi connectivity index (χ1n) is 14.7. The fraction of sp³-hybridized carbons (Fsp3) is 0.353. The monoisotopic (exact) mass is 580 g/mol. The zero-order valence-electron chi connectivity index (χ0n) is 24.0. The van der Waals surface area contributed by atoms with E-state index in [0.717, 1.165) is 24.4 Å². The molecule has 5 aliphatic rings. The minimum atomic E-state index is -0.741. The number of phenolic OH excluding ortho intramolecular Hbond substituents is 1. The van der Waals surface area contributed by atoms with Crippen LogP contribution >= 0.6 is 0 Å². The van der Waals surface area contributed by atoms with E-state index in [4.69, 9.17) is 9.47 Å². The third-order valence-electron chi connectivity index (χ3n) is 9.61. The van der Waals surface area contributed by atoms with Crippen LogP contribution in [-0.4, -0.2) is 61.9 Å². The minimum Gasteiger partial charge on any atom is -0.504 e. The van der Waals surface area contributed by atoms with E-state index in [1.165, 1.54) is 18.1 Å². The number of methoxy groups -OCH3 is 1. The molecule has 43 heavy (non-hydrogen) atoms. The number of carbonyl (C=O) groups excluding carboxylic acids is 4. The Morgan fingerprint density at radius 2 is 1.65 bits per heavy atom. The summed E-state index contributed by atoms with van der Waals surface area (Å²) in [7, 11) is 1.45. The highest BCUT2D eigenvalue weighted by atomic mass is 16.5. The number of ketones is 2. The van der Waals surface area contributed by atoms with Crippen molar-refractivity contribution < 1.29 is 33.8 Å². The fourth-order valence-corrected chi connectivity index (χ4v) is 7.54. The highest BCUT2D eigenvalue weighted by molar-refractivity contribution is 6.25. The van der Waals surface area contributed by atoms with Crippen LogP contribution in [0.2, 0.25) is 0 Å². The molecule has 0 radical (unpaired) electrons. The quantitative estimate of drug-likeness (QED) is 0.330. The maximum atomic E-state index is 14.2. The SMILES string of the molecule is COc1cccc(C2C3=CCC4C(=O)N(c5ccc(N6CCOCC6)cc5)C(=O)C4C3CC3=C2C(=O)C(C)=CC3=O)c1O. The highest BCUT2D eigenvalue weighted by Gasteiger charge is 2.57. The molecule has 3 aliphatic carbocycles. The number of morpholine rings is 1. The van der Waals surface area contributed by atoms with E-state index in [-0.39, 0.29) is 41.3 Å². The molecular formula is C34H32N2O7. The summed E-state index contributed by atoms with van der Waals surface area (Å²) in [4.78, 5) is 58.4. The number of anilines is 2. The van der Waals surface area contributed by atoms with Gasteiger partial charge < -0.3 is 19.5 Å². The molecule has 2 fully saturated rings. The Labute approximate surface area is 249 Å². The van der Waals surface area contributed by atoms with Crippen molar-refractivity contribution in [3.63, 3.8) is 0 Å². The van der Waals surface area contributed by atoms with Gasteiger partial charge in [0.2, 0.25) is 11.8 Å². The molecule has 2 amide bonds. The zero-order chi connectivity index (χ0) is 30.0. The van der Waals surface area contributed by atoms with Gasteiger partial charge in [0.05, 0.1) is 37.8 Å². The molecule has 2 saturated heterocycles. The number of ether oxygens (including phenoxy) is 2. The lowest BCUT2D eigenvalue weighted by Gasteiger charge is -2.42. The number of Topliss-reactive ketones (excluding diaryl/α,β-unsaturated/α-hetero) is 1. The lowest BCUT2D eigenvalue weighted by atomic mass is 9.59. The van der Waals surface area contributed by atoms with Crippen LogP contribution in [0.15, 0.2) is 76.9 Å². The van der Waals surface area contributed by atoms with E-state index in [1.807, 2.05) is 30.3 Å². The van der Waals surface area contributed by atoms with Crippen molar-refractivity contribution in [3.8, 4) is 11.5 Å². The Kier molecular flexibility index (Phi) is 6.58. The molecule has 2 aromatic carbocycles. The van der Waals surface area contributed by atoms with E-state index in [9.17, 15) is 24.3 Å². The molecule has 1 N–H and O–H groups in total. The van der Waals surface area contributed by atoms with Gasteiger partial charge in [-0.05, 0) is 62.1 Å². The van der Waals surface area contributed by atoms with Crippen LogP contribution in [-0.2, 0) is 23.9 Å². The molecule has 9 nitrogen and oxygen atoms in total. The van der Waals surface area contributed by atoms with Gasteiger partial charge >= 0.3 is 0 Å². The molecule has 0 bridgehead atoms. The van der Waals surface area contributed by atoms with Gasteiger partial charge in [0.1, 0.15) is 0 Å². The lowest BCUT2D eigenvalue weighted by molar-refractivity contribution is -0.123. The van der Waals surface area contributed by atoms with Crippen LogP contribution in [0.3, 0.4) is 0 Å². The molecule has 7 rings (SSSR count). The molecule has 0 spiro atoms. The number of benzene rings is 2. The maximum Gasteiger partial charge on any atom is 0.238 e. The Morgan fingerprint density at radius 3 is 2.37 bits per heavy atom. The topological polar surface area (TPSA) is 113 Å². The number of fused-ring (bicyclic) bond motifs is 3. The van der Waals surface area contributed by atoms with E-state index < -0.39 is 23.7 Å². The van der Waals surface area contributed by atoms with Gasteiger partial charge in [-0.2, -0.15) is 0 Å². The number of nitrogens with zero attached hydrogens (tertiary/aromatic N) is 2.